The third-order valence-corrected chi connectivity index (χ3v) is 8.45. The van der Waals surface area contributed by atoms with E-state index in [0.717, 1.165) is 15.8 Å². The van der Waals surface area contributed by atoms with Gasteiger partial charge in [0.1, 0.15) is 0 Å². The van der Waals surface area contributed by atoms with Crippen LogP contribution in [0, 0.1) is 0 Å². The molecule has 134 valence electrons. The molecule has 0 amide bonds. The summed E-state index contributed by atoms with van der Waals surface area (Å²) in [5.41, 5.74) is 2.24. The van der Waals surface area contributed by atoms with E-state index in [4.69, 9.17) is 0 Å². The Kier molecular flexibility index (Phi) is 3.73. The van der Waals surface area contributed by atoms with E-state index in [1.165, 1.54) is 40.3 Å². The Hall–Kier alpha value is -2.40. The third kappa shape index (κ3) is 2.42. The SMILES string of the molecule is Brc1ccccc1Nc1cccc2c1sc1c2ccc2c3ccccc3sc21. The van der Waals surface area contributed by atoms with Crippen molar-refractivity contribution in [3.63, 3.8) is 0 Å². The molecule has 0 unspecified atom stereocenters. The summed E-state index contributed by atoms with van der Waals surface area (Å²) in [6.45, 7) is 0. The lowest BCUT2D eigenvalue weighted by Crippen LogP contribution is -1.90. The highest BCUT2D eigenvalue weighted by Gasteiger charge is 2.14. The Bertz CT molecular complexity index is 1510. The summed E-state index contributed by atoms with van der Waals surface area (Å²) in [5.74, 6) is 0. The standard InChI is InChI=1S/C24H14BrNS2/c25-18-8-2-3-9-19(18)26-20-10-5-7-15-17-13-12-16-14-6-1-4-11-21(14)27-23(16)24(17)28-22(15)20/h1-13,26H. The predicted molar refractivity (Wildman–Crippen MR) is 130 cm³/mol. The highest BCUT2D eigenvalue weighted by Crippen LogP contribution is 2.46. The minimum absolute atomic E-state index is 1.07. The van der Waals surface area contributed by atoms with Crippen LogP contribution in [0.1, 0.15) is 0 Å². The summed E-state index contributed by atoms with van der Waals surface area (Å²) < 4.78 is 6.51. The second kappa shape index (κ2) is 6.31. The van der Waals surface area contributed by atoms with Crippen molar-refractivity contribution >= 4 is 90.3 Å². The first kappa shape index (κ1) is 16.5. The molecule has 6 aromatic rings. The molecule has 0 atom stereocenters. The first-order chi connectivity index (χ1) is 13.8. The van der Waals surface area contributed by atoms with Crippen molar-refractivity contribution in [2.24, 2.45) is 0 Å². The maximum Gasteiger partial charge on any atom is 0.0590 e. The van der Waals surface area contributed by atoms with Crippen LogP contribution in [0.3, 0.4) is 0 Å². The molecule has 0 aliphatic heterocycles. The van der Waals surface area contributed by atoms with Gasteiger partial charge in [-0.15, -0.1) is 22.7 Å². The van der Waals surface area contributed by atoms with Crippen LogP contribution in [0.15, 0.2) is 83.3 Å². The number of rotatable bonds is 2. The number of para-hydroxylation sites is 1. The maximum absolute atomic E-state index is 3.65. The van der Waals surface area contributed by atoms with Gasteiger partial charge in [0.25, 0.3) is 0 Å². The molecule has 0 saturated heterocycles. The lowest BCUT2D eigenvalue weighted by Gasteiger charge is -2.09. The predicted octanol–water partition coefficient (Wildman–Crippen LogP) is 8.93. The van der Waals surface area contributed by atoms with Crippen LogP contribution in [-0.4, -0.2) is 0 Å². The van der Waals surface area contributed by atoms with Crippen molar-refractivity contribution < 1.29 is 0 Å². The monoisotopic (exact) mass is 459 g/mol. The summed E-state index contributed by atoms with van der Waals surface area (Å²) in [6, 6.07) is 28.1. The fraction of sp³-hybridized carbons (Fsp3) is 0. The maximum atomic E-state index is 3.65. The van der Waals surface area contributed by atoms with E-state index in [2.05, 4.69) is 94.0 Å². The van der Waals surface area contributed by atoms with Crippen molar-refractivity contribution in [3.05, 3.63) is 83.3 Å². The molecule has 2 heterocycles. The van der Waals surface area contributed by atoms with Crippen LogP contribution >= 0.6 is 38.6 Å². The van der Waals surface area contributed by atoms with Crippen molar-refractivity contribution in [2.45, 2.75) is 0 Å². The summed E-state index contributed by atoms with van der Waals surface area (Å²) >= 11 is 7.44. The number of hydrogen-bond acceptors (Lipinski definition) is 3. The zero-order valence-corrected chi connectivity index (χ0v) is 17.9. The van der Waals surface area contributed by atoms with Crippen LogP contribution in [-0.2, 0) is 0 Å². The first-order valence-electron chi connectivity index (χ1n) is 9.06. The van der Waals surface area contributed by atoms with Gasteiger partial charge in [-0.2, -0.15) is 0 Å². The molecule has 28 heavy (non-hydrogen) atoms. The van der Waals surface area contributed by atoms with Gasteiger partial charge in [-0.25, -0.2) is 0 Å². The third-order valence-electron chi connectivity index (χ3n) is 5.15. The minimum atomic E-state index is 1.07. The molecule has 0 aliphatic rings. The fourth-order valence-corrected chi connectivity index (χ4v) is 6.84. The highest BCUT2D eigenvalue weighted by molar-refractivity contribution is 9.10. The highest BCUT2D eigenvalue weighted by atomic mass is 79.9. The lowest BCUT2D eigenvalue weighted by atomic mass is 10.1. The number of hydrogen-bond donors (Lipinski definition) is 1. The second-order valence-electron chi connectivity index (χ2n) is 6.81. The number of nitrogens with one attached hydrogen (secondary N) is 1. The molecule has 2 aromatic heterocycles. The average molecular weight is 460 g/mol. The molecule has 1 N–H and O–H groups in total. The molecule has 0 spiro atoms. The van der Waals surface area contributed by atoms with Crippen molar-refractivity contribution in [1.82, 2.24) is 0 Å². The molecule has 0 fully saturated rings. The van der Waals surface area contributed by atoms with Crippen molar-refractivity contribution in [2.75, 3.05) is 5.32 Å². The van der Waals surface area contributed by atoms with E-state index < -0.39 is 0 Å². The largest absolute Gasteiger partial charge is 0.353 e. The van der Waals surface area contributed by atoms with E-state index in [0.29, 0.717) is 0 Å². The molecular formula is C24H14BrNS2. The molecule has 0 bridgehead atoms. The minimum Gasteiger partial charge on any atom is -0.353 e. The van der Waals surface area contributed by atoms with Crippen molar-refractivity contribution in [1.29, 1.82) is 0 Å². The van der Waals surface area contributed by atoms with Gasteiger partial charge in [0, 0.05) is 30.7 Å². The molecule has 4 heteroatoms. The van der Waals surface area contributed by atoms with Gasteiger partial charge in [-0.1, -0.05) is 54.6 Å². The number of benzene rings is 4. The van der Waals surface area contributed by atoms with Gasteiger partial charge in [-0.3, -0.25) is 0 Å². The summed E-state index contributed by atoms with van der Waals surface area (Å²) in [5, 5.41) is 8.99. The van der Waals surface area contributed by atoms with Crippen molar-refractivity contribution in [3.8, 4) is 0 Å². The van der Waals surface area contributed by atoms with Gasteiger partial charge < -0.3 is 5.32 Å². The van der Waals surface area contributed by atoms with E-state index >= 15 is 0 Å². The number of halogens is 1. The normalized spacial score (nSPS) is 11.8. The van der Waals surface area contributed by atoms with E-state index in [1.54, 1.807) is 0 Å². The van der Waals surface area contributed by atoms with Gasteiger partial charge >= 0.3 is 0 Å². The molecule has 0 aliphatic carbocycles. The van der Waals surface area contributed by atoms with Crippen LogP contribution in [0.25, 0.3) is 40.3 Å². The molecule has 4 aromatic carbocycles. The number of thiophene rings is 2. The quantitative estimate of drug-likeness (QED) is 0.272. The Labute approximate surface area is 178 Å². The van der Waals surface area contributed by atoms with Crippen LogP contribution in [0.2, 0.25) is 0 Å². The fourth-order valence-electron chi connectivity index (χ4n) is 3.84. The molecule has 6 rings (SSSR count). The van der Waals surface area contributed by atoms with E-state index in [-0.39, 0.29) is 0 Å². The zero-order valence-electron chi connectivity index (χ0n) is 14.7. The smallest absolute Gasteiger partial charge is 0.0590 e. The number of fused-ring (bicyclic) bond motifs is 7. The topological polar surface area (TPSA) is 12.0 Å². The molecule has 0 radical (unpaired) electrons. The van der Waals surface area contributed by atoms with Crippen LogP contribution in [0.5, 0.6) is 0 Å². The Morgan fingerprint density at radius 2 is 1.18 bits per heavy atom. The molecular weight excluding hydrogens is 446 g/mol. The Morgan fingerprint density at radius 1 is 0.536 bits per heavy atom. The van der Waals surface area contributed by atoms with Gasteiger partial charge in [-0.05, 0) is 40.2 Å². The second-order valence-corrected chi connectivity index (χ2v) is 9.73. The zero-order chi connectivity index (χ0) is 18.7. The Morgan fingerprint density at radius 3 is 2.07 bits per heavy atom. The first-order valence-corrected chi connectivity index (χ1v) is 11.5. The molecule has 0 saturated carbocycles. The molecule has 1 nitrogen and oxygen atoms in total. The van der Waals surface area contributed by atoms with Gasteiger partial charge in [0.2, 0.25) is 0 Å². The Balaban J connectivity index is 1.64. The summed E-state index contributed by atoms with van der Waals surface area (Å²) in [6.07, 6.45) is 0. The van der Waals surface area contributed by atoms with Crippen LogP contribution in [0.4, 0.5) is 11.4 Å². The van der Waals surface area contributed by atoms with Gasteiger partial charge in [0.05, 0.1) is 25.5 Å². The van der Waals surface area contributed by atoms with Gasteiger partial charge in [0.15, 0.2) is 0 Å². The van der Waals surface area contributed by atoms with E-state index in [9.17, 15) is 0 Å². The van der Waals surface area contributed by atoms with E-state index in [1.807, 2.05) is 28.7 Å². The summed E-state index contributed by atoms with van der Waals surface area (Å²) in [7, 11) is 0. The van der Waals surface area contributed by atoms with Crippen LogP contribution < -0.4 is 5.32 Å². The lowest BCUT2D eigenvalue weighted by molar-refractivity contribution is 1.55. The summed E-state index contributed by atoms with van der Waals surface area (Å²) in [4.78, 5) is 0. The average Bonchev–Trinajstić information content (AvgIpc) is 3.29. The number of anilines is 2.